The van der Waals surface area contributed by atoms with E-state index in [4.69, 9.17) is 0 Å². The Labute approximate surface area is 122 Å². The van der Waals surface area contributed by atoms with Gasteiger partial charge in [0.15, 0.2) is 0 Å². The van der Waals surface area contributed by atoms with Crippen molar-refractivity contribution in [1.29, 1.82) is 0 Å². The van der Waals surface area contributed by atoms with E-state index in [1.807, 2.05) is 6.20 Å². The Morgan fingerprint density at radius 3 is 2.42 bits per heavy atom. The molecule has 1 aromatic heterocycles. The van der Waals surface area contributed by atoms with E-state index < -0.39 is 0 Å². The molecule has 0 radical (unpaired) electrons. The van der Waals surface area contributed by atoms with Gasteiger partial charge < -0.3 is 5.32 Å². The van der Waals surface area contributed by atoms with Crippen LogP contribution in [0.2, 0.25) is 0 Å². The van der Waals surface area contributed by atoms with Gasteiger partial charge in [0.05, 0.1) is 29.7 Å². The summed E-state index contributed by atoms with van der Waals surface area (Å²) in [6, 6.07) is 0.411. The summed E-state index contributed by atoms with van der Waals surface area (Å²) in [6.07, 6.45) is 13.9. The zero-order valence-electron chi connectivity index (χ0n) is 12.5. The monoisotopic (exact) mass is 283 g/mol. The van der Waals surface area contributed by atoms with Gasteiger partial charge in [-0.25, -0.2) is 0 Å². The van der Waals surface area contributed by atoms with Gasteiger partial charge in [-0.1, -0.05) is 58.8 Å². The van der Waals surface area contributed by atoms with Gasteiger partial charge in [-0.15, -0.1) is 0 Å². The van der Waals surface area contributed by atoms with Crippen molar-refractivity contribution >= 4 is 11.7 Å². The number of hydrogen-bond acceptors (Lipinski definition) is 4. The topological polar surface area (TPSA) is 37.8 Å². The molecule has 1 atom stereocenters. The summed E-state index contributed by atoms with van der Waals surface area (Å²) in [5.74, 6) is 0. The zero-order valence-corrected chi connectivity index (χ0v) is 13.3. The molecule has 0 spiro atoms. The third-order valence-electron chi connectivity index (χ3n) is 3.47. The van der Waals surface area contributed by atoms with Gasteiger partial charge >= 0.3 is 0 Å². The zero-order chi connectivity index (χ0) is 13.8. The fourth-order valence-corrected chi connectivity index (χ4v) is 2.78. The standard InChI is InChI=1S/C15H29N3S/c1-3-5-6-7-8-9-10-11-14(16-12-4-2)15-13-17-19-18-15/h13-14,16H,3-12H2,1-2H3. The molecule has 0 amide bonds. The van der Waals surface area contributed by atoms with Gasteiger partial charge in [0.2, 0.25) is 0 Å². The van der Waals surface area contributed by atoms with Crippen molar-refractivity contribution in [3.8, 4) is 0 Å². The SMILES string of the molecule is CCCCCCCCCC(NCCC)c1cnsn1. The molecule has 0 aliphatic rings. The molecule has 0 aliphatic carbocycles. The maximum atomic E-state index is 4.38. The molecule has 3 nitrogen and oxygen atoms in total. The first kappa shape index (κ1) is 16.6. The summed E-state index contributed by atoms with van der Waals surface area (Å²) in [4.78, 5) is 0. The summed E-state index contributed by atoms with van der Waals surface area (Å²) in [5, 5.41) is 3.59. The lowest BCUT2D eigenvalue weighted by molar-refractivity contribution is 0.459. The normalized spacial score (nSPS) is 12.7. The van der Waals surface area contributed by atoms with Crippen molar-refractivity contribution < 1.29 is 0 Å². The molecule has 0 aromatic carbocycles. The highest BCUT2D eigenvalue weighted by molar-refractivity contribution is 6.99. The van der Waals surface area contributed by atoms with E-state index in [0.717, 1.165) is 12.2 Å². The summed E-state index contributed by atoms with van der Waals surface area (Å²) in [7, 11) is 0. The van der Waals surface area contributed by atoms with Crippen LogP contribution in [0.3, 0.4) is 0 Å². The first-order valence-corrected chi connectivity index (χ1v) is 8.62. The molecule has 4 heteroatoms. The molecule has 1 unspecified atom stereocenters. The van der Waals surface area contributed by atoms with Crippen LogP contribution in [0.4, 0.5) is 0 Å². The van der Waals surface area contributed by atoms with Crippen molar-refractivity contribution in [3.63, 3.8) is 0 Å². The third-order valence-corrected chi connectivity index (χ3v) is 3.96. The van der Waals surface area contributed by atoms with Crippen LogP contribution < -0.4 is 5.32 Å². The Morgan fingerprint density at radius 1 is 1.05 bits per heavy atom. The van der Waals surface area contributed by atoms with E-state index in [9.17, 15) is 0 Å². The Hall–Kier alpha value is -0.480. The van der Waals surface area contributed by atoms with Gasteiger partial charge in [-0.2, -0.15) is 8.75 Å². The lowest BCUT2D eigenvalue weighted by Crippen LogP contribution is -2.22. The number of nitrogens with zero attached hydrogens (tertiary/aromatic N) is 2. The van der Waals surface area contributed by atoms with Gasteiger partial charge in [0, 0.05) is 0 Å². The first-order valence-electron chi connectivity index (χ1n) is 7.89. The quantitative estimate of drug-likeness (QED) is 0.564. The summed E-state index contributed by atoms with van der Waals surface area (Å²) in [5.41, 5.74) is 1.13. The van der Waals surface area contributed by atoms with Crippen LogP contribution in [0.15, 0.2) is 6.20 Å². The maximum Gasteiger partial charge on any atom is 0.0912 e. The minimum absolute atomic E-state index is 0.411. The average Bonchev–Trinajstić information content (AvgIpc) is 2.95. The molecule has 0 aliphatic heterocycles. The average molecular weight is 283 g/mol. The van der Waals surface area contributed by atoms with Crippen molar-refractivity contribution in [2.45, 2.75) is 77.7 Å². The van der Waals surface area contributed by atoms with E-state index in [1.54, 1.807) is 0 Å². The molecule has 1 heterocycles. The second kappa shape index (κ2) is 11.4. The molecular formula is C15H29N3S. The molecule has 1 N–H and O–H groups in total. The number of aromatic nitrogens is 2. The van der Waals surface area contributed by atoms with E-state index in [1.165, 1.54) is 69.5 Å². The number of unbranched alkanes of at least 4 members (excludes halogenated alkanes) is 6. The molecule has 19 heavy (non-hydrogen) atoms. The number of nitrogens with one attached hydrogen (secondary N) is 1. The minimum atomic E-state index is 0.411. The number of hydrogen-bond donors (Lipinski definition) is 1. The van der Waals surface area contributed by atoms with Crippen LogP contribution >= 0.6 is 11.7 Å². The van der Waals surface area contributed by atoms with Crippen LogP contribution in [0.5, 0.6) is 0 Å². The first-order chi connectivity index (χ1) is 9.38. The van der Waals surface area contributed by atoms with Gasteiger partial charge in [-0.05, 0) is 19.4 Å². The van der Waals surface area contributed by atoms with Crippen molar-refractivity contribution in [3.05, 3.63) is 11.9 Å². The summed E-state index contributed by atoms with van der Waals surface area (Å²) >= 11 is 1.31. The Morgan fingerprint density at radius 2 is 1.79 bits per heavy atom. The van der Waals surface area contributed by atoms with Gasteiger partial charge in [0.1, 0.15) is 0 Å². The van der Waals surface area contributed by atoms with Crippen molar-refractivity contribution in [1.82, 2.24) is 14.1 Å². The minimum Gasteiger partial charge on any atom is -0.309 e. The summed E-state index contributed by atoms with van der Waals surface area (Å²) < 4.78 is 8.50. The fraction of sp³-hybridized carbons (Fsp3) is 0.867. The molecular weight excluding hydrogens is 254 g/mol. The Kier molecular flexibility index (Phi) is 9.91. The smallest absolute Gasteiger partial charge is 0.0912 e. The highest BCUT2D eigenvalue weighted by atomic mass is 32.1. The summed E-state index contributed by atoms with van der Waals surface area (Å²) in [6.45, 7) is 5.54. The van der Waals surface area contributed by atoms with Crippen LogP contribution in [0.25, 0.3) is 0 Å². The van der Waals surface area contributed by atoms with E-state index in [-0.39, 0.29) is 0 Å². The highest BCUT2D eigenvalue weighted by Crippen LogP contribution is 2.19. The second-order valence-corrected chi connectivity index (χ2v) is 5.81. The maximum absolute atomic E-state index is 4.38. The molecule has 110 valence electrons. The van der Waals surface area contributed by atoms with Gasteiger partial charge in [-0.3, -0.25) is 0 Å². The molecule has 1 aromatic rings. The largest absolute Gasteiger partial charge is 0.309 e. The van der Waals surface area contributed by atoms with Crippen LogP contribution in [-0.4, -0.2) is 15.3 Å². The second-order valence-electron chi connectivity index (χ2n) is 5.25. The predicted octanol–water partition coefficient (Wildman–Crippen LogP) is 4.72. The lowest BCUT2D eigenvalue weighted by Gasteiger charge is -2.15. The molecule has 0 bridgehead atoms. The molecule has 0 saturated carbocycles. The van der Waals surface area contributed by atoms with E-state index in [0.29, 0.717) is 6.04 Å². The van der Waals surface area contributed by atoms with Crippen LogP contribution in [0, 0.1) is 0 Å². The van der Waals surface area contributed by atoms with Gasteiger partial charge in [0.25, 0.3) is 0 Å². The molecule has 1 rings (SSSR count). The fourth-order valence-electron chi connectivity index (χ4n) is 2.30. The van der Waals surface area contributed by atoms with E-state index in [2.05, 4.69) is 27.9 Å². The lowest BCUT2D eigenvalue weighted by atomic mass is 10.0. The number of rotatable bonds is 12. The molecule has 0 saturated heterocycles. The molecule has 0 fully saturated rings. The van der Waals surface area contributed by atoms with Crippen molar-refractivity contribution in [2.75, 3.05) is 6.54 Å². The third kappa shape index (κ3) is 7.63. The predicted molar refractivity (Wildman–Crippen MR) is 83.6 cm³/mol. The van der Waals surface area contributed by atoms with E-state index >= 15 is 0 Å². The Balaban J connectivity index is 2.15. The van der Waals surface area contributed by atoms with Crippen LogP contribution in [0.1, 0.15) is 83.4 Å². The van der Waals surface area contributed by atoms with Crippen molar-refractivity contribution in [2.24, 2.45) is 0 Å². The Bertz CT molecular complexity index is 288. The van der Waals surface area contributed by atoms with Crippen LogP contribution in [-0.2, 0) is 0 Å². The highest BCUT2D eigenvalue weighted by Gasteiger charge is 2.12.